The zero-order chi connectivity index (χ0) is 21.8. The van der Waals surface area contributed by atoms with E-state index < -0.39 is 10.0 Å². The van der Waals surface area contributed by atoms with Crippen LogP contribution in [-0.2, 0) is 14.8 Å². The van der Waals surface area contributed by atoms with Crippen LogP contribution in [0.3, 0.4) is 0 Å². The number of aromatic nitrogens is 1. The lowest BCUT2D eigenvalue weighted by Crippen LogP contribution is -2.47. The number of sulfonamides is 1. The largest absolute Gasteiger partial charge is 0.379 e. The maximum atomic E-state index is 12.8. The van der Waals surface area contributed by atoms with Gasteiger partial charge >= 0.3 is 0 Å². The Labute approximate surface area is 210 Å². The van der Waals surface area contributed by atoms with Crippen LogP contribution in [0.25, 0.3) is 11.1 Å². The van der Waals surface area contributed by atoms with E-state index in [0.717, 1.165) is 49.7 Å². The van der Waals surface area contributed by atoms with E-state index in [0.29, 0.717) is 37.1 Å². The van der Waals surface area contributed by atoms with Crippen molar-refractivity contribution in [2.75, 3.05) is 63.9 Å². The number of hydrogen-bond acceptors (Lipinski definition) is 6. The Kier molecular flexibility index (Phi) is 10.4. The molecule has 4 rings (SSSR count). The van der Waals surface area contributed by atoms with Crippen molar-refractivity contribution < 1.29 is 13.2 Å². The second-order valence-electron chi connectivity index (χ2n) is 8.63. The Morgan fingerprint density at radius 2 is 1.48 bits per heavy atom. The molecule has 2 fully saturated rings. The van der Waals surface area contributed by atoms with Gasteiger partial charge in [-0.3, -0.25) is 4.90 Å². The highest BCUT2D eigenvalue weighted by atomic mass is 35.5. The molecule has 0 saturated carbocycles. The van der Waals surface area contributed by atoms with Gasteiger partial charge in [0.05, 0.1) is 18.1 Å². The number of benzene rings is 1. The summed E-state index contributed by atoms with van der Waals surface area (Å²) in [6, 6.07) is 11.2. The molecule has 1 aromatic carbocycles. The molecule has 2 aromatic rings. The van der Waals surface area contributed by atoms with Crippen LogP contribution in [0.5, 0.6) is 0 Å². The minimum Gasteiger partial charge on any atom is -0.379 e. The van der Waals surface area contributed by atoms with Gasteiger partial charge in [-0.15, -0.1) is 24.8 Å². The molecule has 0 bridgehead atoms. The smallest absolute Gasteiger partial charge is 0.243 e. The van der Waals surface area contributed by atoms with Gasteiger partial charge in [0, 0.05) is 57.6 Å². The Balaban J connectivity index is 0.00000193. The third kappa shape index (κ3) is 6.81. The van der Waals surface area contributed by atoms with Gasteiger partial charge in [0.1, 0.15) is 5.82 Å². The first-order chi connectivity index (χ1) is 14.9. The summed E-state index contributed by atoms with van der Waals surface area (Å²) in [5.74, 6) is 1.69. The number of rotatable bonds is 6. The number of hydrogen-bond donors (Lipinski definition) is 0. The van der Waals surface area contributed by atoms with Gasteiger partial charge < -0.3 is 9.64 Å². The van der Waals surface area contributed by atoms with Crippen LogP contribution in [0, 0.1) is 5.92 Å². The fourth-order valence-electron chi connectivity index (χ4n) is 4.18. The maximum Gasteiger partial charge on any atom is 0.243 e. The van der Waals surface area contributed by atoms with Gasteiger partial charge in [0.15, 0.2) is 0 Å². The lowest BCUT2D eigenvalue weighted by molar-refractivity contribution is 0.0730. The standard InChI is InChI=1S/C23H32N4O3S.2ClH/c1-19(2)18-25-9-11-26(12-10-25)23-8-5-21(17-24-23)20-3-6-22(7-4-20)31(28,29)27-13-15-30-16-14-27;;/h3-8,17,19H,9-16,18H2,1-2H3;2*1H. The lowest BCUT2D eigenvalue weighted by Gasteiger charge is -2.36. The summed E-state index contributed by atoms with van der Waals surface area (Å²) in [6.45, 7) is 11.5. The van der Waals surface area contributed by atoms with Gasteiger partial charge in [-0.05, 0) is 35.7 Å². The second-order valence-corrected chi connectivity index (χ2v) is 10.6. The first-order valence-electron chi connectivity index (χ1n) is 11.1. The van der Waals surface area contributed by atoms with Gasteiger partial charge in [-0.2, -0.15) is 4.31 Å². The highest BCUT2D eigenvalue weighted by Crippen LogP contribution is 2.25. The number of ether oxygens (including phenoxy) is 1. The molecule has 2 saturated heterocycles. The molecular formula is C23H34Cl2N4O3S. The molecule has 0 aliphatic carbocycles. The van der Waals surface area contributed by atoms with E-state index in [9.17, 15) is 8.42 Å². The molecule has 0 atom stereocenters. The zero-order valence-electron chi connectivity index (χ0n) is 19.2. The van der Waals surface area contributed by atoms with Crippen LogP contribution >= 0.6 is 24.8 Å². The maximum absolute atomic E-state index is 12.8. The molecule has 33 heavy (non-hydrogen) atoms. The van der Waals surface area contributed by atoms with Gasteiger partial charge in [-0.25, -0.2) is 13.4 Å². The molecule has 1 aromatic heterocycles. The van der Waals surface area contributed by atoms with Crippen LogP contribution in [0.4, 0.5) is 5.82 Å². The van der Waals surface area contributed by atoms with Crippen molar-refractivity contribution in [2.24, 2.45) is 5.92 Å². The molecule has 0 spiro atoms. The van der Waals surface area contributed by atoms with Crippen LogP contribution < -0.4 is 4.90 Å². The molecular weight excluding hydrogens is 483 g/mol. The summed E-state index contributed by atoms with van der Waals surface area (Å²) in [7, 11) is -3.47. The third-order valence-electron chi connectivity index (χ3n) is 5.86. The summed E-state index contributed by atoms with van der Waals surface area (Å²) < 4.78 is 32.3. The third-order valence-corrected chi connectivity index (χ3v) is 7.78. The van der Waals surface area contributed by atoms with Crippen molar-refractivity contribution in [2.45, 2.75) is 18.7 Å². The number of nitrogens with zero attached hydrogens (tertiary/aromatic N) is 4. The van der Waals surface area contributed by atoms with E-state index in [-0.39, 0.29) is 24.8 Å². The fourth-order valence-corrected chi connectivity index (χ4v) is 5.58. The van der Waals surface area contributed by atoms with Gasteiger partial charge in [0.25, 0.3) is 0 Å². The van der Waals surface area contributed by atoms with E-state index in [2.05, 4.69) is 40.8 Å². The molecule has 2 aliphatic rings. The predicted octanol–water partition coefficient (Wildman–Crippen LogP) is 3.39. The Morgan fingerprint density at radius 3 is 2.03 bits per heavy atom. The number of piperazine rings is 1. The number of anilines is 1. The Hall–Kier alpha value is -1.42. The monoisotopic (exact) mass is 516 g/mol. The number of halogens is 2. The number of morpholine rings is 1. The Morgan fingerprint density at radius 1 is 0.879 bits per heavy atom. The van der Waals surface area contributed by atoms with Crippen LogP contribution in [0.15, 0.2) is 47.5 Å². The van der Waals surface area contributed by atoms with Crippen molar-refractivity contribution in [3.05, 3.63) is 42.6 Å². The molecule has 0 N–H and O–H groups in total. The molecule has 2 aliphatic heterocycles. The molecule has 0 amide bonds. The van der Waals surface area contributed by atoms with Crippen molar-refractivity contribution >= 4 is 40.7 Å². The van der Waals surface area contributed by atoms with E-state index >= 15 is 0 Å². The lowest BCUT2D eigenvalue weighted by atomic mass is 10.1. The van der Waals surface area contributed by atoms with E-state index in [1.165, 1.54) is 4.31 Å². The Bertz CT molecular complexity index is 958. The van der Waals surface area contributed by atoms with Crippen molar-refractivity contribution in [1.29, 1.82) is 0 Å². The molecule has 10 heteroatoms. The predicted molar refractivity (Wildman–Crippen MR) is 137 cm³/mol. The van der Waals surface area contributed by atoms with Crippen molar-refractivity contribution in [3.63, 3.8) is 0 Å². The summed E-state index contributed by atoms with van der Waals surface area (Å²) in [6.07, 6.45) is 1.88. The van der Waals surface area contributed by atoms with E-state index in [1.54, 1.807) is 12.1 Å². The highest BCUT2D eigenvalue weighted by Gasteiger charge is 2.26. The summed E-state index contributed by atoms with van der Waals surface area (Å²) in [5, 5.41) is 0. The van der Waals surface area contributed by atoms with Crippen molar-refractivity contribution in [3.8, 4) is 11.1 Å². The zero-order valence-corrected chi connectivity index (χ0v) is 21.7. The molecule has 3 heterocycles. The summed E-state index contributed by atoms with van der Waals surface area (Å²) in [4.78, 5) is 9.85. The van der Waals surface area contributed by atoms with Gasteiger partial charge in [-0.1, -0.05) is 26.0 Å². The topological polar surface area (TPSA) is 66.0 Å². The number of pyridine rings is 1. The highest BCUT2D eigenvalue weighted by molar-refractivity contribution is 7.89. The second kappa shape index (κ2) is 12.3. The van der Waals surface area contributed by atoms with E-state index in [4.69, 9.17) is 4.74 Å². The van der Waals surface area contributed by atoms with Gasteiger partial charge in [0.2, 0.25) is 10.0 Å². The minimum absolute atomic E-state index is 0. The summed E-state index contributed by atoms with van der Waals surface area (Å²) >= 11 is 0. The quantitative estimate of drug-likeness (QED) is 0.586. The van der Waals surface area contributed by atoms with E-state index in [1.807, 2.05) is 18.3 Å². The molecule has 7 nitrogen and oxygen atoms in total. The van der Waals surface area contributed by atoms with Crippen LogP contribution in [-0.4, -0.2) is 81.6 Å². The average molecular weight is 518 g/mol. The van der Waals surface area contributed by atoms with Crippen LogP contribution in [0.1, 0.15) is 13.8 Å². The molecule has 0 radical (unpaired) electrons. The first kappa shape index (κ1) is 27.8. The minimum atomic E-state index is -3.47. The summed E-state index contributed by atoms with van der Waals surface area (Å²) in [5.41, 5.74) is 1.94. The molecule has 184 valence electrons. The normalized spacial score (nSPS) is 18.0. The molecule has 0 unspecified atom stereocenters. The fraction of sp³-hybridized carbons (Fsp3) is 0.522. The van der Waals surface area contributed by atoms with Crippen molar-refractivity contribution in [1.82, 2.24) is 14.2 Å². The average Bonchev–Trinajstić information content (AvgIpc) is 2.80. The van der Waals surface area contributed by atoms with Crippen LogP contribution in [0.2, 0.25) is 0 Å². The SMILES string of the molecule is CC(C)CN1CCN(c2ccc(-c3ccc(S(=O)(=O)N4CCOCC4)cc3)cn2)CC1.Cl.Cl. The first-order valence-corrected chi connectivity index (χ1v) is 12.5.